The summed E-state index contributed by atoms with van der Waals surface area (Å²) in [6, 6.07) is 0. The number of likely N-dealkylation sites (N-methyl/N-ethyl adjacent to an activating group) is 1. The van der Waals surface area contributed by atoms with Crippen LogP contribution < -0.4 is 10.5 Å². The molecule has 1 aromatic rings. The molecule has 0 aromatic carbocycles. The Hall–Kier alpha value is -1.36. The summed E-state index contributed by atoms with van der Waals surface area (Å²) in [6.07, 6.45) is 0.733. The molecule has 1 aromatic heterocycles. The van der Waals surface area contributed by atoms with Crippen molar-refractivity contribution in [2.75, 3.05) is 38.1 Å². The highest BCUT2D eigenvalue weighted by atomic mass is 16.1. The molecule has 5 nitrogen and oxygen atoms in total. The summed E-state index contributed by atoms with van der Waals surface area (Å²) in [5.74, 6) is 0.720. The lowest BCUT2D eigenvalue weighted by Gasteiger charge is -2.32. The van der Waals surface area contributed by atoms with Crippen LogP contribution in [0.5, 0.6) is 0 Å². The second-order valence-corrected chi connectivity index (χ2v) is 4.60. The maximum absolute atomic E-state index is 11.9. The molecule has 0 saturated carbocycles. The molecule has 2 heterocycles. The van der Waals surface area contributed by atoms with Crippen LogP contribution in [0.1, 0.15) is 18.2 Å². The minimum atomic E-state index is 0.00827. The van der Waals surface area contributed by atoms with Gasteiger partial charge in [0.2, 0.25) is 5.95 Å². The Labute approximate surface area is 101 Å². The van der Waals surface area contributed by atoms with Crippen LogP contribution in [-0.4, -0.2) is 48.1 Å². The summed E-state index contributed by atoms with van der Waals surface area (Å²) in [7, 11) is 2.11. The van der Waals surface area contributed by atoms with Crippen LogP contribution in [0.2, 0.25) is 0 Å². The average molecular weight is 236 g/mol. The second-order valence-electron chi connectivity index (χ2n) is 4.60. The molecule has 1 saturated heterocycles. The van der Waals surface area contributed by atoms with E-state index in [9.17, 15) is 4.79 Å². The predicted octanol–water partition coefficient (Wildman–Crippen LogP) is 0.393. The van der Waals surface area contributed by atoms with E-state index in [1.165, 1.54) is 0 Å². The van der Waals surface area contributed by atoms with Crippen LogP contribution in [0.4, 0.5) is 5.95 Å². The Morgan fingerprint density at radius 1 is 1.29 bits per heavy atom. The van der Waals surface area contributed by atoms with Crippen LogP contribution in [-0.2, 0) is 6.42 Å². The fourth-order valence-corrected chi connectivity index (χ4v) is 2.18. The monoisotopic (exact) mass is 236 g/mol. The first-order chi connectivity index (χ1) is 8.11. The van der Waals surface area contributed by atoms with Gasteiger partial charge < -0.3 is 9.80 Å². The third kappa shape index (κ3) is 2.49. The highest BCUT2D eigenvalue weighted by molar-refractivity contribution is 5.33. The van der Waals surface area contributed by atoms with Crippen molar-refractivity contribution in [3.8, 4) is 0 Å². The zero-order valence-corrected chi connectivity index (χ0v) is 10.8. The zero-order valence-electron chi connectivity index (χ0n) is 10.8. The number of aromatic amines is 1. The molecular formula is C12H20N4O. The van der Waals surface area contributed by atoms with Gasteiger partial charge in [-0.05, 0) is 20.4 Å². The molecular weight excluding hydrogens is 216 g/mol. The quantitative estimate of drug-likeness (QED) is 0.807. The molecule has 0 bridgehead atoms. The lowest BCUT2D eigenvalue weighted by molar-refractivity contribution is 0.311. The first kappa shape index (κ1) is 12.1. The van der Waals surface area contributed by atoms with E-state index in [2.05, 4.69) is 26.8 Å². The molecule has 2 rings (SSSR count). The van der Waals surface area contributed by atoms with Gasteiger partial charge in [-0.15, -0.1) is 0 Å². The van der Waals surface area contributed by atoms with E-state index in [0.717, 1.165) is 49.8 Å². The first-order valence-electron chi connectivity index (χ1n) is 6.15. The third-order valence-corrected chi connectivity index (χ3v) is 3.37. The van der Waals surface area contributed by atoms with Gasteiger partial charge in [-0.25, -0.2) is 4.98 Å². The predicted molar refractivity (Wildman–Crippen MR) is 68.7 cm³/mol. The van der Waals surface area contributed by atoms with Crippen molar-refractivity contribution in [2.45, 2.75) is 20.3 Å². The van der Waals surface area contributed by atoms with Crippen molar-refractivity contribution in [3.05, 3.63) is 21.6 Å². The van der Waals surface area contributed by atoms with Crippen LogP contribution in [0, 0.1) is 6.92 Å². The zero-order chi connectivity index (χ0) is 12.4. The Morgan fingerprint density at radius 2 is 1.94 bits per heavy atom. The summed E-state index contributed by atoms with van der Waals surface area (Å²) >= 11 is 0. The molecule has 17 heavy (non-hydrogen) atoms. The summed E-state index contributed by atoms with van der Waals surface area (Å²) < 4.78 is 0. The van der Waals surface area contributed by atoms with Gasteiger partial charge in [0.05, 0.1) is 0 Å². The minimum Gasteiger partial charge on any atom is -0.340 e. The summed E-state index contributed by atoms with van der Waals surface area (Å²) in [5, 5.41) is 0. The largest absolute Gasteiger partial charge is 0.340 e. The van der Waals surface area contributed by atoms with Crippen LogP contribution in [0.15, 0.2) is 4.79 Å². The molecule has 5 heteroatoms. The number of H-pyrrole nitrogens is 1. The van der Waals surface area contributed by atoms with E-state index in [1.54, 1.807) is 0 Å². The molecule has 1 aliphatic rings. The number of aromatic nitrogens is 2. The molecule has 0 radical (unpaired) electrons. The highest BCUT2D eigenvalue weighted by Gasteiger charge is 2.17. The number of aryl methyl sites for hydroxylation is 1. The number of hydrogen-bond acceptors (Lipinski definition) is 4. The Kier molecular flexibility index (Phi) is 3.47. The molecule has 1 N–H and O–H groups in total. The van der Waals surface area contributed by atoms with E-state index < -0.39 is 0 Å². The fourth-order valence-electron chi connectivity index (χ4n) is 2.18. The summed E-state index contributed by atoms with van der Waals surface area (Å²) in [6.45, 7) is 7.76. The third-order valence-electron chi connectivity index (χ3n) is 3.37. The van der Waals surface area contributed by atoms with Crippen LogP contribution in [0.25, 0.3) is 0 Å². The van der Waals surface area contributed by atoms with Gasteiger partial charge in [-0.3, -0.25) is 9.78 Å². The van der Waals surface area contributed by atoms with Gasteiger partial charge >= 0.3 is 0 Å². The molecule has 0 atom stereocenters. The van der Waals surface area contributed by atoms with Crippen LogP contribution in [0.3, 0.4) is 0 Å². The fraction of sp³-hybridized carbons (Fsp3) is 0.667. The van der Waals surface area contributed by atoms with E-state index in [0.29, 0.717) is 0 Å². The van der Waals surface area contributed by atoms with Crippen molar-refractivity contribution >= 4 is 5.95 Å². The Bertz CT molecular complexity index is 446. The second kappa shape index (κ2) is 4.87. The smallest absolute Gasteiger partial charge is 0.255 e. The molecule has 0 amide bonds. The van der Waals surface area contributed by atoms with Crippen molar-refractivity contribution in [2.24, 2.45) is 0 Å². The molecule has 0 unspecified atom stereocenters. The lowest BCUT2D eigenvalue weighted by atomic mass is 10.2. The molecule has 0 aliphatic carbocycles. The topological polar surface area (TPSA) is 52.2 Å². The Morgan fingerprint density at radius 3 is 2.47 bits per heavy atom. The van der Waals surface area contributed by atoms with E-state index in [1.807, 2.05) is 13.8 Å². The van der Waals surface area contributed by atoms with Crippen molar-refractivity contribution < 1.29 is 0 Å². The van der Waals surface area contributed by atoms with Crippen LogP contribution >= 0.6 is 0 Å². The maximum Gasteiger partial charge on any atom is 0.255 e. The maximum atomic E-state index is 11.9. The van der Waals surface area contributed by atoms with E-state index in [-0.39, 0.29) is 5.56 Å². The minimum absolute atomic E-state index is 0.00827. The number of rotatable bonds is 2. The van der Waals surface area contributed by atoms with Gasteiger partial charge in [-0.1, -0.05) is 6.92 Å². The normalized spacial score (nSPS) is 17.5. The van der Waals surface area contributed by atoms with Crippen molar-refractivity contribution in [1.29, 1.82) is 0 Å². The summed E-state index contributed by atoms with van der Waals surface area (Å²) in [5.41, 5.74) is 1.65. The number of hydrogen-bond donors (Lipinski definition) is 1. The van der Waals surface area contributed by atoms with Gasteiger partial charge in [0.15, 0.2) is 0 Å². The van der Waals surface area contributed by atoms with E-state index >= 15 is 0 Å². The molecule has 94 valence electrons. The number of nitrogens with zero attached hydrogens (tertiary/aromatic N) is 3. The summed E-state index contributed by atoms with van der Waals surface area (Å²) in [4.78, 5) is 23.7. The number of anilines is 1. The Balaban J connectivity index is 2.25. The average Bonchev–Trinajstić information content (AvgIpc) is 2.29. The van der Waals surface area contributed by atoms with Crippen molar-refractivity contribution in [1.82, 2.24) is 14.9 Å². The number of nitrogens with one attached hydrogen (secondary N) is 1. The standard InChI is InChI=1S/C12H20N4O/c1-4-10-9(2)13-12(14-11(10)17)16-7-5-15(3)6-8-16/h4-8H2,1-3H3,(H,13,14,17). The molecule has 0 spiro atoms. The van der Waals surface area contributed by atoms with Gasteiger partial charge in [0, 0.05) is 37.4 Å². The first-order valence-corrected chi connectivity index (χ1v) is 6.15. The van der Waals surface area contributed by atoms with Gasteiger partial charge in [-0.2, -0.15) is 0 Å². The lowest BCUT2D eigenvalue weighted by Crippen LogP contribution is -2.45. The van der Waals surface area contributed by atoms with Gasteiger partial charge in [0.1, 0.15) is 0 Å². The van der Waals surface area contributed by atoms with Gasteiger partial charge in [0.25, 0.3) is 5.56 Å². The highest BCUT2D eigenvalue weighted by Crippen LogP contribution is 2.10. The van der Waals surface area contributed by atoms with E-state index in [4.69, 9.17) is 0 Å². The van der Waals surface area contributed by atoms with Crippen molar-refractivity contribution in [3.63, 3.8) is 0 Å². The molecule has 1 aliphatic heterocycles. The number of piperazine rings is 1. The molecule has 1 fully saturated rings. The SMILES string of the molecule is CCc1c(C)nc(N2CCN(C)CC2)[nH]c1=O.